The number of hydrogen-bond donors (Lipinski definition) is 2. The van der Waals surface area contributed by atoms with Gasteiger partial charge in [-0.25, -0.2) is 18.4 Å². The Balaban J connectivity index is 2.33. The smallest absolute Gasteiger partial charge is 0.246 e. The van der Waals surface area contributed by atoms with Crippen LogP contribution in [-0.2, 0) is 10.0 Å². The summed E-state index contributed by atoms with van der Waals surface area (Å²) in [6.07, 6.45) is 3.79. The monoisotopic (exact) mass is 258 g/mol. The molecule has 1 aliphatic heterocycles. The number of sulfonamides is 1. The highest BCUT2D eigenvalue weighted by molar-refractivity contribution is 7.89. The SMILES string of the molecule is Nc1ncc(S(=O)(=O)N2CCCC2CO)cn1. The molecule has 8 heteroatoms. The van der Waals surface area contributed by atoms with E-state index in [2.05, 4.69) is 9.97 Å². The predicted molar refractivity (Wildman–Crippen MR) is 60.4 cm³/mol. The van der Waals surface area contributed by atoms with Crippen LogP contribution in [0.2, 0.25) is 0 Å². The maximum absolute atomic E-state index is 12.2. The summed E-state index contributed by atoms with van der Waals surface area (Å²) in [5.41, 5.74) is 5.31. The molecular weight excluding hydrogens is 244 g/mol. The van der Waals surface area contributed by atoms with Gasteiger partial charge in [-0.3, -0.25) is 0 Å². The third-order valence-electron chi connectivity index (χ3n) is 2.79. The highest BCUT2D eigenvalue weighted by atomic mass is 32.2. The molecule has 1 saturated heterocycles. The summed E-state index contributed by atoms with van der Waals surface area (Å²) in [7, 11) is -3.62. The van der Waals surface area contributed by atoms with Crippen LogP contribution in [0.3, 0.4) is 0 Å². The molecule has 2 heterocycles. The molecule has 94 valence electrons. The molecule has 1 unspecified atom stereocenters. The Morgan fingerprint density at radius 1 is 1.47 bits per heavy atom. The van der Waals surface area contributed by atoms with Gasteiger partial charge in [0.05, 0.1) is 19.0 Å². The van der Waals surface area contributed by atoms with E-state index in [0.29, 0.717) is 13.0 Å². The fourth-order valence-electron chi connectivity index (χ4n) is 1.90. The van der Waals surface area contributed by atoms with Crippen LogP contribution in [-0.4, -0.2) is 47.0 Å². The van der Waals surface area contributed by atoms with Crippen LogP contribution in [0, 0.1) is 0 Å². The van der Waals surface area contributed by atoms with Crippen LogP contribution in [0.1, 0.15) is 12.8 Å². The van der Waals surface area contributed by atoms with Crippen molar-refractivity contribution < 1.29 is 13.5 Å². The van der Waals surface area contributed by atoms with E-state index in [9.17, 15) is 8.42 Å². The van der Waals surface area contributed by atoms with Crippen molar-refractivity contribution in [2.24, 2.45) is 0 Å². The third kappa shape index (κ3) is 2.24. The van der Waals surface area contributed by atoms with Gasteiger partial charge < -0.3 is 10.8 Å². The Bertz CT molecular complexity index is 487. The van der Waals surface area contributed by atoms with Crippen LogP contribution in [0.4, 0.5) is 5.95 Å². The highest BCUT2D eigenvalue weighted by Crippen LogP contribution is 2.25. The van der Waals surface area contributed by atoms with Gasteiger partial charge in [0.2, 0.25) is 16.0 Å². The molecule has 1 aliphatic rings. The lowest BCUT2D eigenvalue weighted by Crippen LogP contribution is -2.37. The first-order valence-electron chi connectivity index (χ1n) is 5.26. The molecule has 0 bridgehead atoms. The molecule has 0 aromatic carbocycles. The molecule has 1 fully saturated rings. The summed E-state index contributed by atoms with van der Waals surface area (Å²) in [4.78, 5) is 7.34. The molecule has 0 spiro atoms. The second-order valence-corrected chi connectivity index (χ2v) is 5.76. The summed E-state index contributed by atoms with van der Waals surface area (Å²) < 4.78 is 25.7. The van der Waals surface area contributed by atoms with Gasteiger partial charge in [0.25, 0.3) is 0 Å². The molecule has 0 aliphatic carbocycles. The zero-order chi connectivity index (χ0) is 12.5. The summed E-state index contributed by atoms with van der Waals surface area (Å²) in [5.74, 6) is 0.0316. The number of nitrogens with two attached hydrogens (primary N) is 1. The highest BCUT2D eigenvalue weighted by Gasteiger charge is 2.35. The number of aliphatic hydroxyl groups excluding tert-OH is 1. The van der Waals surface area contributed by atoms with Crippen molar-refractivity contribution in [3.05, 3.63) is 12.4 Å². The first-order chi connectivity index (χ1) is 8.05. The number of nitrogens with zero attached hydrogens (tertiary/aromatic N) is 3. The van der Waals surface area contributed by atoms with Gasteiger partial charge in [-0.05, 0) is 12.8 Å². The molecule has 0 radical (unpaired) electrons. The van der Waals surface area contributed by atoms with Gasteiger partial charge in [0.1, 0.15) is 4.90 Å². The van der Waals surface area contributed by atoms with E-state index >= 15 is 0 Å². The Morgan fingerprint density at radius 2 is 2.12 bits per heavy atom. The zero-order valence-corrected chi connectivity index (χ0v) is 9.97. The minimum Gasteiger partial charge on any atom is -0.395 e. The third-order valence-corrected chi connectivity index (χ3v) is 4.69. The van der Waals surface area contributed by atoms with E-state index in [0.717, 1.165) is 6.42 Å². The largest absolute Gasteiger partial charge is 0.395 e. The number of nitrogen functional groups attached to an aromatic ring is 1. The number of hydrogen-bond acceptors (Lipinski definition) is 6. The number of anilines is 1. The topological polar surface area (TPSA) is 109 Å². The summed E-state index contributed by atoms with van der Waals surface area (Å²) >= 11 is 0. The van der Waals surface area contributed by atoms with E-state index in [1.165, 1.54) is 16.7 Å². The number of rotatable bonds is 3. The van der Waals surface area contributed by atoms with Crippen LogP contribution < -0.4 is 5.73 Å². The molecule has 0 saturated carbocycles. The maximum Gasteiger partial charge on any atom is 0.246 e. The van der Waals surface area contributed by atoms with E-state index in [-0.39, 0.29) is 23.5 Å². The second kappa shape index (κ2) is 4.55. The molecule has 2 rings (SSSR count). The van der Waals surface area contributed by atoms with Gasteiger partial charge in [0.15, 0.2) is 0 Å². The van der Waals surface area contributed by atoms with Crippen molar-refractivity contribution in [1.29, 1.82) is 0 Å². The number of aromatic nitrogens is 2. The van der Waals surface area contributed by atoms with Gasteiger partial charge in [0, 0.05) is 12.6 Å². The van der Waals surface area contributed by atoms with Crippen LogP contribution in [0.15, 0.2) is 17.3 Å². The van der Waals surface area contributed by atoms with Gasteiger partial charge in [-0.2, -0.15) is 4.31 Å². The predicted octanol–water partition coefficient (Wildman–Crippen LogP) is -0.796. The fourth-order valence-corrected chi connectivity index (χ4v) is 3.48. The quantitative estimate of drug-likeness (QED) is 0.735. The van der Waals surface area contributed by atoms with Crippen molar-refractivity contribution in [2.75, 3.05) is 18.9 Å². The number of aliphatic hydroxyl groups is 1. The van der Waals surface area contributed by atoms with Crippen molar-refractivity contribution in [1.82, 2.24) is 14.3 Å². The molecule has 0 amide bonds. The van der Waals surface area contributed by atoms with Crippen molar-refractivity contribution in [2.45, 2.75) is 23.8 Å². The van der Waals surface area contributed by atoms with Crippen molar-refractivity contribution in [3.8, 4) is 0 Å². The lowest BCUT2D eigenvalue weighted by atomic mass is 10.2. The first kappa shape index (κ1) is 12.2. The minimum atomic E-state index is -3.62. The molecule has 7 nitrogen and oxygen atoms in total. The second-order valence-electron chi connectivity index (χ2n) is 3.87. The maximum atomic E-state index is 12.2. The van der Waals surface area contributed by atoms with Crippen molar-refractivity contribution in [3.63, 3.8) is 0 Å². The Kier molecular flexibility index (Phi) is 3.27. The van der Waals surface area contributed by atoms with Crippen LogP contribution in [0.25, 0.3) is 0 Å². The molecule has 1 atom stereocenters. The van der Waals surface area contributed by atoms with Crippen molar-refractivity contribution >= 4 is 16.0 Å². The Morgan fingerprint density at radius 3 is 2.71 bits per heavy atom. The van der Waals surface area contributed by atoms with Crippen LogP contribution >= 0.6 is 0 Å². The summed E-state index contributed by atoms with van der Waals surface area (Å²) in [6, 6.07) is -0.349. The molecule has 1 aromatic heterocycles. The normalized spacial score (nSPS) is 21.8. The van der Waals surface area contributed by atoms with E-state index < -0.39 is 10.0 Å². The van der Waals surface area contributed by atoms with Gasteiger partial charge in [-0.15, -0.1) is 0 Å². The molecule has 1 aromatic rings. The lowest BCUT2D eigenvalue weighted by molar-refractivity contribution is 0.213. The lowest BCUT2D eigenvalue weighted by Gasteiger charge is -2.21. The Hall–Kier alpha value is -1.25. The summed E-state index contributed by atoms with van der Waals surface area (Å²) in [5, 5.41) is 9.13. The van der Waals surface area contributed by atoms with Crippen LogP contribution in [0.5, 0.6) is 0 Å². The standard InChI is InChI=1S/C9H14N4O3S/c10-9-11-4-8(5-12-9)17(15,16)13-3-1-2-7(13)6-14/h4-5,7,14H,1-3,6H2,(H2,10,11,12). The fraction of sp³-hybridized carbons (Fsp3) is 0.556. The molecule has 17 heavy (non-hydrogen) atoms. The Labute approximate surface area is 99.3 Å². The van der Waals surface area contributed by atoms with Gasteiger partial charge >= 0.3 is 0 Å². The van der Waals surface area contributed by atoms with Gasteiger partial charge in [-0.1, -0.05) is 0 Å². The van der Waals surface area contributed by atoms with E-state index in [4.69, 9.17) is 10.8 Å². The molecular formula is C9H14N4O3S. The van der Waals surface area contributed by atoms with E-state index in [1.807, 2.05) is 0 Å². The van der Waals surface area contributed by atoms with E-state index in [1.54, 1.807) is 0 Å². The average molecular weight is 258 g/mol. The minimum absolute atomic E-state index is 0.00653. The summed E-state index contributed by atoms with van der Waals surface area (Å²) in [6.45, 7) is 0.243. The average Bonchev–Trinajstić information content (AvgIpc) is 2.78. The first-order valence-corrected chi connectivity index (χ1v) is 6.70. The molecule has 3 N–H and O–H groups in total. The zero-order valence-electron chi connectivity index (χ0n) is 9.15.